The van der Waals surface area contributed by atoms with Gasteiger partial charge in [-0.05, 0) is 12.1 Å². The van der Waals surface area contributed by atoms with Crippen molar-refractivity contribution in [1.82, 2.24) is 15.4 Å². The van der Waals surface area contributed by atoms with Crippen LogP contribution in [0.4, 0.5) is 0 Å². The smallest absolute Gasteiger partial charge is 0.313 e. The second-order valence-corrected chi connectivity index (χ2v) is 4.49. The average molecular weight is 293 g/mol. The molecule has 0 saturated carbocycles. The van der Waals surface area contributed by atoms with Gasteiger partial charge >= 0.3 is 5.63 Å². The van der Waals surface area contributed by atoms with Crippen LogP contribution in [0.15, 0.2) is 75.0 Å². The Morgan fingerprint density at radius 1 is 0.818 bits per heavy atom. The highest BCUT2D eigenvalue weighted by molar-refractivity contribution is 5.80. The first-order valence-electron chi connectivity index (χ1n) is 6.52. The first-order chi connectivity index (χ1) is 10.8. The molecule has 6 heteroatoms. The normalized spacial score (nSPS) is 10.2. The molecule has 6 nitrogen and oxygen atoms in total. The molecule has 108 valence electrons. The summed E-state index contributed by atoms with van der Waals surface area (Å²) in [6.07, 6.45) is 3.16. The lowest BCUT2D eigenvalue weighted by Crippen LogP contribution is -2.06. The molecule has 0 amide bonds. The number of hydrogen-bond acceptors (Lipinski definition) is 5. The minimum atomic E-state index is -0.386. The average Bonchev–Trinajstić information content (AvgIpc) is 2.57. The minimum Gasteiger partial charge on any atom is -0.313 e. The van der Waals surface area contributed by atoms with Crippen LogP contribution in [-0.2, 0) is 0 Å². The Hall–Kier alpha value is -3.28. The van der Waals surface area contributed by atoms with Crippen LogP contribution in [0.1, 0.15) is 0 Å². The highest BCUT2D eigenvalue weighted by Gasteiger charge is 1.96. The molecule has 0 aliphatic carbocycles. The van der Waals surface area contributed by atoms with E-state index in [1.165, 1.54) is 6.20 Å². The number of benzene rings is 2. The first kappa shape index (κ1) is 13.7. The van der Waals surface area contributed by atoms with Gasteiger partial charge in [0.05, 0.1) is 17.8 Å². The summed E-state index contributed by atoms with van der Waals surface area (Å²) in [6.45, 7) is 0. The van der Waals surface area contributed by atoms with E-state index in [1.54, 1.807) is 24.4 Å². The van der Waals surface area contributed by atoms with Crippen molar-refractivity contribution >= 4 is 21.5 Å². The SMILES string of the molecule is O=c1[nH]ncc2ccccc12.O=c1oncc2ccccc12. The zero-order valence-electron chi connectivity index (χ0n) is 11.4. The Bertz CT molecular complexity index is 941. The molecule has 1 N–H and O–H groups in total. The molecule has 0 bridgehead atoms. The monoisotopic (exact) mass is 293 g/mol. The standard InChI is InChI=1S/C8H6N2O.C8H5NO2/c11-8-7-4-2-1-3-6(7)5-9-10-8;10-8-7-4-2-1-3-6(7)5-9-11-8/h1-5H,(H,10,11);1-5H. The third-order valence-corrected chi connectivity index (χ3v) is 3.08. The summed E-state index contributed by atoms with van der Waals surface area (Å²) in [7, 11) is 0. The predicted molar refractivity (Wildman–Crippen MR) is 82.6 cm³/mol. The maximum absolute atomic E-state index is 11.1. The minimum absolute atomic E-state index is 0.136. The van der Waals surface area contributed by atoms with Crippen molar-refractivity contribution in [3.05, 3.63) is 81.7 Å². The molecular formula is C16H11N3O3. The van der Waals surface area contributed by atoms with Gasteiger partial charge in [0, 0.05) is 16.2 Å². The van der Waals surface area contributed by atoms with Crippen molar-refractivity contribution in [3.8, 4) is 0 Å². The van der Waals surface area contributed by atoms with E-state index in [9.17, 15) is 9.59 Å². The Labute approximate surface area is 124 Å². The number of nitrogens with one attached hydrogen (secondary N) is 1. The predicted octanol–water partition coefficient (Wildman–Crippen LogP) is 2.11. The van der Waals surface area contributed by atoms with E-state index >= 15 is 0 Å². The number of H-pyrrole nitrogens is 1. The third-order valence-electron chi connectivity index (χ3n) is 3.08. The van der Waals surface area contributed by atoms with Gasteiger partial charge in [-0.2, -0.15) is 5.10 Å². The molecule has 4 aromatic rings. The first-order valence-corrected chi connectivity index (χ1v) is 6.52. The molecule has 0 spiro atoms. The van der Waals surface area contributed by atoms with E-state index in [4.69, 9.17) is 0 Å². The van der Waals surface area contributed by atoms with Crippen molar-refractivity contribution in [2.24, 2.45) is 0 Å². The molecular weight excluding hydrogens is 282 g/mol. The number of hydrogen-bond donors (Lipinski definition) is 1. The third kappa shape index (κ3) is 2.76. The van der Waals surface area contributed by atoms with Crippen LogP contribution >= 0.6 is 0 Å². The van der Waals surface area contributed by atoms with E-state index in [0.29, 0.717) is 10.8 Å². The van der Waals surface area contributed by atoms with Crippen LogP contribution in [0.5, 0.6) is 0 Å². The van der Waals surface area contributed by atoms with Crippen molar-refractivity contribution in [1.29, 1.82) is 0 Å². The molecule has 0 saturated heterocycles. The van der Waals surface area contributed by atoms with E-state index in [2.05, 4.69) is 19.9 Å². The van der Waals surface area contributed by atoms with Crippen LogP contribution in [0.25, 0.3) is 21.5 Å². The summed E-state index contributed by atoms with van der Waals surface area (Å²) in [5.74, 6) is 0. The van der Waals surface area contributed by atoms with Gasteiger partial charge in [0.15, 0.2) is 0 Å². The lowest BCUT2D eigenvalue weighted by atomic mass is 10.2. The van der Waals surface area contributed by atoms with E-state index in [0.717, 1.165) is 10.8 Å². The lowest BCUT2D eigenvalue weighted by Gasteiger charge is -1.91. The maximum Gasteiger partial charge on any atom is 0.366 e. The van der Waals surface area contributed by atoms with E-state index in [1.807, 2.05) is 30.3 Å². The van der Waals surface area contributed by atoms with Crippen molar-refractivity contribution in [2.75, 3.05) is 0 Å². The van der Waals surface area contributed by atoms with Crippen LogP contribution in [0.3, 0.4) is 0 Å². The fourth-order valence-corrected chi connectivity index (χ4v) is 2.01. The number of rotatable bonds is 0. The van der Waals surface area contributed by atoms with Gasteiger partial charge in [0.2, 0.25) is 0 Å². The number of nitrogens with zero attached hydrogens (tertiary/aromatic N) is 2. The van der Waals surface area contributed by atoms with Gasteiger partial charge in [0.1, 0.15) is 0 Å². The molecule has 0 fully saturated rings. The molecule has 0 aliphatic rings. The molecule has 2 aromatic heterocycles. The summed E-state index contributed by atoms with van der Waals surface area (Å²) in [5.41, 5.74) is -0.522. The Balaban J connectivity index is 0.000000131. The molecule has 4 rings (SSSR count). The van der Waals surface area contributed by atoms with E-state index in [-0.39, 0.29) is 11.2 Å². The van der Waals surface area contributed by atoms with Gasteiger partial charge in [0.25, 0.3) is 5.56 Å². The van der Waals surface area contributed by atoms with Crippen LogP contribution < -0.4 is 11.2 Å². The van der Waals surface area contributed by atoms with Gasteiger partial charge in [-0.25, -0.2) is 9.89 Å². The fraction of sp³-hybridized carbons (Fsp3) is 0. The highest BCUT2D eigenvalue weighted by atomic mass is 16.5. The van der Waals surface area contributed by atoms with Gasteiger partial charge in [-0.3, -0.25) is 4.79 Å². The Morgan fingerprint density at radius 2 is 1.45 bits per heavy atom. The zero-order chi connectivity index (χ0) is 15.4. The molecule has 0 atom stereocenters. The zero-order valence-corrected chi connectivity index (χ0v) is 11.4. The molecule has 2 aromatic carbocycles. The summed E-state index contributed by atoms with van der Waals surface area (Å²) in [6, 6.07) is 14.5. The van der Waals surface area contributed by atoms with Crippen LogP contribution in [0, 0.1) is 0 Å². The topological polar surface area (TPSA) is 88.9 Å². The molecule has 0 unspecified atom stereocenters. The largest absolute Gasteiger partial charge is 0.366 e. The molecule has 0 radical (unpaired) electrons. The van der Waals surface area contributed by atoms with Gasteiger partial charge in [-0.1, -0.05) is 41.6 Å². The Kier molecular flexibility index (Phi) is 3.74. The van der Waals surface area contributed by atoms with Crippen molar-refractivity contribution < 1.29 is 4.52 Å². The number of aromatic nitrogens is 3. The lowest BCUT2D eigenvalue weighted by molar-refractivity contribution is 0.377. The van der Waals surface area contributed by atoms with Crippen molar-refractivity contribution in [3.63, 3.8) is 0 Å². The number of fused-ring (bicyclic) bond motifs is 2. The second-order valence-electron chi connectivity index (χ2n) is 4.49. The Morgan fingerprint density at radius 3 is 2.14 bits per heavy atom. The summed E-state index contributed by atoms with van der Waals surface area (Å²) < 4.78 is 4.43. The summed E-state index contributed by atoms with van der Waals surface area (Å²) in [5, 5.41) is 12.4. The molecule has 0 aliphatic heterocycles. The quantitative estimate of drug-likeness (QED) is 0.536. The van der Waals surface area contributed by atoms with Gasteiger partial charge in [-0.15, -0.1) is 0 Å². The maximum atomic E-state index is 11.1. The van der Waals surface area contributed by atoms with Gasteiger partial charge < -0.3 is 4.52 Å². The number of aromatic amines is 1. The summed E-state index contributed by atoms with van der Waals surface area (Å²) >= 11 is 0. The van der Waals surface area contributed by atoms with Crippen LogP contribution in [-0.4, -0.2) is 15.4 Å². The highest BCUT2D eigenvalue weighted by Crippen LogP contribution is 2.05. The molecule has 2 heterocycles. The summed E-state index contributed by atoms with van der Waals surface area (Å²) in [4.78, 5) is 22.0. The van der Waals surface area contributed by atoms with E-state index < -0.39 is 0 Å². The second kappa shape index (κ2) is 6.01. The molecule has 22 heavy (non-hydrogen) atoms. The van der Waals surface area contributed by atoms with Crippen molar-refractivity contribution in [2.45, 2.75) is 0 Å². The fourth-order valence-electron chi connectivity index (χ4n) is 2.01. The van der Waals surface area contributed by atoms with Crippen LogP contribution in [0.2, 0.25) is 0 Å².